The van der Waals surface area contributed by atoms with E-state index in [0.717, 1.165) is 12.2 Å². The standard InChI is InChI=1S/C8H6F8S/c9-8(10,11)6-4-1-2-5(3-4)7(6)17(12,13,14,15)16/h1-2,4-5H,3H2. The molecule has 17 heavy (non-hydrogen) atoms. The lowest BCUT2D eigenvalue weighted by Crippen LogP contribution is -2.23. The first-order valence-corrected chi connectivity index (χ1v) is 6.39. The van der Waals surface area contributed by atoms with E-state index in [9.17, 15) is 32.6 Å². The molecule has 2 unspecified atom stereocenters. The van der Waals surface area contributed by atoms with Gasteiger partial charge in [0.2, 0.25) is 0 Å². The van der Waals surface area contributed by atoms with Crippen molar-refractivity contribution in [1.29, 1.82) is 0 Å². The molecule has 0 spiro atoms. The largest absolute Gasteiger partial charge is 0.414 e. The van der Waals surface area contributed by atoms with Crippen molar-refractivity contribution in [2.75, 3.05) is 0 Å². The average Bonchev–Trinajstić information content (AvgIpc) is 2.53. The zero-order valence-electron chi connectivity index (χ0n) is 7.95. The SMILES string of the molecule is FC(F)(F)C1=C(S(F)(F)(F)(F)F)C2C=CC1C2. The van der Waals surface area contributed by atoms with Crippen LogP contribution in [0.2, 0.25) is 0 Å². The lowest BCUT2D eigenvalue weighted by Gasteiger charge is -2.44. The molecular formula is C8H6F8S. The van der Waals surface area contributed by atoms with Gasteiger partial charge < -0.3 is 0 Å². The molecule has 0 aliphatic heterocycles. The summed E-state index contributed by atoms with van der Waals surface area (Å²) in [6.45, 7) is 0. The van der Waals surface area contributed by atoms with E-state index in [0.29, 0.717) is 0 Å². The maximum absolute atomic E-state index is 12.6. The van der Waals surface area contributed by atoms with Crippen molar-refractivity contribution in [2.24, 2.45) is 11.8 Å². The highest BCUT2D eigenvalue weighted by Crippen LogP contribution is 3.04. The van der Waals surface area contributed by atoms with Crippen LogP contribution < -0.4 is 0 Å². The van der Waals surface area contributed by atoms with Crippen LogP contribution in [0.25, 0.3) is 0 Å². The second-order valence-corrected chi connectivity index (χ2v) is 6.46. The lowest BCUT2D eigenvalue weighted by atomic mass is 10.0. The minimum atomic E-state index is -10.3. The molecule has 2 aliphatic rings. The normalized spacial score (nSPS) is 32.9. The predicted octanol–water partition coefficient (Wildman–Crippen LogP) is 5.31. The van der Waals surface area contributed by atoms with Gasteiger partial charge in [0, 0.05) is 11.8 Å². The summed E-state index contributed by atoms with van der Waals surface area (Å²) in [5, 5.41) is 0. The van der Waals surface area contributed by atoms with Gasteiger partial charge in [0.15, 0.2) is 0 Å². The summed E-state index contributed by atoms with van der Waals surface area (Å²) in [7, 11) is -10.3. The van der Waals surface area contributed by atoms with Crippen molar-refractivity contribution in [3.05, 3.63) is 22.6 Å². The van der Waals surface area contributed by atoms with Gasteiger partial charge in [-0.25, -0.2) is 0 Å². The van der Waals surface area contributed by atoms with Crippen molar-refractivity contribution in [2.45, 2.75) is 12.6 Å². The van der Waals surface area contributed by atoms with Crippen molar-refractivity contribution in [3.8, 4) is 0 Å². The Kier molecular flexibility index (Phi) is 1.87. The molecule has 0 aromatic rings. The average molecular weight is 286 g/mol. The van der Waals surface area contributed by atoms with Crippen LogP contribution in [0.5, 0.6) is 0 Å². The molecule has 0 saturated heterocycles. The first-order valence-electron chi connectivity index (χ1n) is 4.44. The second kappa shape index (κ2) is 2.50. The monoisotopic (exact) mass is 286 g/mol. The molecule has 0 amide bonds. The summed E-state index contributed by atoms with van der Waals surface area (Å²) < 4.78 is 100. The number of fused-ring (bicyclic) bond motifs is 2. The van der Waals surface area contributed by atoms with E-state index in [2.05, 4.69) is 0 Å². The number of halogens is 8. The van der Waals surface area contributed by atoms with Gasteiger partial charge in [0.1, 0.15) is 0 Å². The number of rotatable bonds is 1. The number of alkyl halides is 3. The van der Waals surface area contributed by atoms with E-state index in [4.69, 9.17) is 0 Å². The van der Waals surface area contributed by atoms with E-state index in [1.54, 1.807) is 0 Å². The number of allylic oxidation sites excluding steroid dienone is 4. The summed E-state index contributed by atoms with van der Waals surface area (Å²) in [4.78, 5) is -2.65. The molecule has 0 nitrogen and oxygen atoms in total. The van der Waals surface area contributed by atoms with Gasteiger partial charge in [0.25, 0.3) is 0 Å². The Morgan fingerprint density at radius 2 is 1.41 bits per heavy atom. The molecule has 0 saturated carbocycles. The third kappa shape index (κ3) is 2.04. The topological polar surface area (TPSA) is 0 Å². The summed E-state index contributed by atoms with van der Waals surface area (Å²) in [5.74, 6) is -3.47. The maximum atomic E-state index is 12.6. The summed E-state index contributed by atoms with van der Waals surface area (Å²) in [5.41, 5.74) is -2.12. The smallest absolute Gasteiger partial charge is 0.166 e. The molecule has 2 rings (SSSR count). The third-order valence-corrected chi connectivity index (χ3v) is 4.13. The van der Waals surface area contributed by atoms with Crippen LogP contribution in [0.4, 0.5) is 32.6 Å². The van der Waals surface area contributed by atoms with E-state index >= 15 is 0 Å². The van der Waals surface area contributed by atoms with E-state index in [1.165, 1.54) is 0 Å². The highest BCUT2D eigenvalue weighted by molar-refractivity contribution is 8.48. The Bertz CT molecular complexity index is 436. The van der Waals surface area contributed by atoms with Gasteiger partial charge in [-0.1, -0.05) is 31.6 Å². The highest BCUT2D eigenvalue weighted by atomic mass is 32.5. The molecule has 0 aromatic heterocycles. The van der Waals surface area contributed by atoms with E-state index < -0.39 is 45.1 Å². The Hall–Kier alpha value is -0.730. The molecule has 9 heteroatoms. The van der Waals surface area contributed by atoms with Gasteiger partial charge in [-0.2, -0.15) is 13.2 Å². The fraction of sp³-hybridized carbons (Fsp3) is 0.500. The van der Waals surface area contributed by atoms with Crippen LogP contribution in [-0.2, 0) is 0 Å². The van der Waals surface area contributed by atoms with Gasteiger partial charge in [-0.3, -0.25) is 0 Å². The van der Waals surface area contributed by atoms with Crippen LogP contribution in [-0.4, -0.2) is 6.18 Å². The van der Waals surface area contributed by atoms with Crippen molar-refractivity contribution in [3.63, 3.8) is 0 Å². The van der Waals surface area contributed by atoms with Gasteiger partial charge in [-0.05, 0) is 6.42 Å². The lowest BCUT2D eigenvalue weighted by molar-refractivity contribution is -0.0966. The second-order valence-electron chi connectivity index (χ2n) is 4.08. The molecule has 0 radical (unpaired) electrons. The maximum Gasteiger partial charge on any atom is 0.414 e. The van der Waals surface area contributed by atoms with E-state index in [-0.39, 0.29) is 0 Å². The Labute approximate surface area is 90.7 Å². The third-order valence-electron chi connectivity index (χ3n) is 2.78. The summed E-state index contributed by atoms with van der Waals surface area (Å²) in [6.07, 6.45) is -4.28. The quantitative estimate of drug-likeness (QED) is 0.453. The summed E-state index contributed by atoms with van der Waals surface area (Å²) >= 11 is 0. The van der Waals surface area contributed by atoms with Crippen LogP contribution in [0.15, 0.2) is 22.6 Å². The van der Waals surface area contributed by atoms with Crippen LogP contribution in [0.3, 0.4) is 0 Å². The summed E-state index contributed by atoms with van der Waals surface area (Å²) in [6, 6.07) is 0. The number of hydrogen-bond acceptors (Lipinski definition) is 0. The Morgan fingerprint density at radius 3 is 1.76 bits per heavy atom. The van der Waals surface area contributed by atoms with Gasteiger partial charge in [-0.15, -0.1) is 0 Å². The highest BCUT2D eigenvalue weighted by Gasteiger charge is 2.73. The first-order chi connectivity index (χ1) is 7.20. The molecule has 0 aromatic carbocycles. The Balaban J connectivity index is 2.70. The van der Waals surface area contributed by atoms with E-state index in [1.807, 2.05) is 0 Å². The molecular weight excluding hydrogens is 280 g/mol. The molecule has 2 atom stereocenters. The van der Waals surface area contributed by atoms with Crippen molar-refractivity contribution in [1.82, 2.24) is 0 Å². The predicted molar refractivity (Wildman–Crippen MR) is 46.9 cm³/mol. The zero-order valence-corrected chi connectivity index (χ0v) is 8.76. The minimum Gasteiger partial charge on any atom is -0.166 e. The number of hydrogen-bond donors (Lipinski definition) is 0. The Morgan fingerprint density at radius 1 is 0.941 bits per heavy atom. The van der Waals surface area contributed by atoms with Crippen LogP contribution in [0, 0.1) is 11.8 Å². The molecule has 2 aliphatic carbocycles. The van der Waals surface area contributed by atoms with Gasteiger partial charge in [0.05, 0.1) is 10.5 Å². The van der Waals surface area contributed by atoms with Crippen molar-refractivity contribution < 1.29 is 32.6 Å². The molecule has 0 fully saturated rings. The molecule has 0 N–H and O–H groups in total. The molecule has 0 heterocycles. The zero-order chi connectivity index (χ0) is 13.3. The minimum absolute atomic E-state index is 0.574. The van der Waals surface area contributed by atoms with Crippen molar-refractivity contribution >= 4 is 10.2 Å². The molecule has 100 valence electrons. The van der Waals surface area contributed by atoms with Crippen LogP contribution >= 0.6 is 10.2 Å². The first kappa shape index (κ1) is 12.7. The fourth-order valence-corrected chi connectivity index (χ4v) is 3.76. The van der Waals surface area contributed by atoms with Crippen LogP contribution in [0.1, 0.15) is 6.42 Å². The fourth-order valence-electron chi connectivity index (χ4n) is 2.33. The van der Waals surface area contributed by atoms with Gasteiger partial charge >= 0.3 is 16.4 Å². The molecule has 2 bridgehead atoms.